The van der Waals surface area contributed by atoms with Crippen LogP contribution in [0.3, 0.4) is 0 Å². The SMILES string of the molecule is CC(C)Cn1c(O)c(N=NC(=S)NCCCN2CCOCC2)c2ccccc21. The maximum atomic E-state index is 10.7. The molecule has 1 aromatic heterocycles. The molecule has 2 aromatic rings. The van der Waals surface area contributed by atoms with Gasteiger partial charge in [0.15, 0.2) is 5.69 Å². The van der Waals surface area contributed by atoms with E-state index in [9.17, 15) is 5.11 Å². The van der Waals surface area contributed by atoms with E-state index in [1.165, 1.54) is 0 Å². The van der Waals surface area contributed by atoms with Crippen molar-refractivity contribution in [1.82, 2.24) is 14.8 Å². The molecule has 0 spiro atoms. The molecule has 0 amide bonds. The zero-order valence-electron chi connectivity index (χ0n) is 16.6. The molecule has 2 N–H and O–H groups in total. The lowest BCUT2D eigenvalue weighted by atomic mass is 10.2. The number of nitrogens with one attached hydrogen (secondary N) is 1. The van der Waals surface area contributed by atoms with Crippen LogP contribution in [0.15, 0.2) is 34.5 Å². The van der Waals surface area contributed by atoms with Crippen molar-refractivity contribution in [2.45, 2.75) is 26.8 Å². The van der Waals surface area contributed by atoms with Crippen molar-refractivity contribution in [3.63, 3.8) is 0 Å². The van der Waals surface area contributed by atoms with Gasteiger partial charge in [-0.1, -0.05) is 32.0 Å². The highest BCUT2D eigenvalue weighted by Crippen LogP contribution is 2.39. The fourth-order valence-electron chi connectivity index (χ4n) is 3.37. The molecule has 2 heterocycles. The van der Waals surface area contributed by atoms with Crippen molar-refractivity contribution in [3.05, 3.63) is 24.3 Å². The summed E-state index contributed by atoms with van der Waals surface area (Å²) in [6.45, 7) is 10.3. The van der Waals surface area contributed by atoms with Crippen molar-refractivity contribution in [1.29, 1.82) is 0 Å². The maximum absolute atomic E-state index is 10.7. The number of rotatable bonds is 7. The van der Waals surface area contributed by atoms with Crippen LogP contribution in [0.1, 0.15) is 20.3 Å². The summed E-state index contributed by atoms with van der Waals surface area (Å²) in [5, 5.41) is 23.4. The normalized spacial score (nSPS) is 15.7. The van der Waals surface area contributed by atoms with E-state index in [0.717, 1.165) is 56.7 Å². The van der Waals surface area contributed by atoms with E-state index in [0.29, 0.717) is 23.3 Å². The van der Waals surface area contributed by atoms with Crippen LogP contribution in [0.25, 0.3) is 10.9 Å². The van der Waals surface area contributed by atoms with Crippen LogP contribution in [0.2, 0.25) is 0 Å². The molecule has 0 radical (unpaired) electrons. The first kappa shape index (κ1) is 20.7. The van der Waals surface area contributed by atoms with E-state index in [4.69, 9.17) is 17.0 Å². The molecule has 0 aliphatic carbocycles. The topological polar surface area (TPSA) is 74.4 Å². The van der Waals surface area contributed by atoms with Crippen LogP contribution >= 0.6 is 12.2 Å². The lowest BCUT2D eigenvalue weighted by Gasteiger charge is -2.26. The van der Waals surface area contributed by atoms with Crippen LogP contribution in [0.5, 0.6) is 5.88 Å². The molecule has 3 rings (SSSR count). The van der Waals surface area contributed by atoms with Crippen molar-refractivity contribution >= 4 is 33.9 Å². The third-order valence-electron chi connectivity index (χ3n) is 4.74. The highest BCUT2D eigenvalue weighted by Gasteiger charge is 2.17. The molecule has 7 nitrogen and oxygen atoms in total. The number of azo groups is 1. The molecule has 0 atom stereocenters. The highest BCUT2D eigenvalue weighted by atomic mass is 32.1. The van der Waals surface area contributed by atoms with Gasteiger partial charge in [0.2, 0.25) is 11.0 Å². The quantitative estimate of drug-likeness (QED) is 0.419. The van der Waals surface area contributed by atoms with E-state index in [1.807, 2.05) is 28.8 Å². The number of para-hydroxylation sites is 1. The zero-order valence-corrected chi connectivity index (χ0v) is 17.4. The van der Waals surface area contributed by atoms with E-state index in [2.05, 4.69) is 34.3 Å². The molecular weight excluding hydrogens is 374 g/mol. The van der Waals surface area contributed by atoms with Gasteiger partial charge in [0.1, 0.15) is 0 Å². The zero-order chi connectivity index (χ0) is 19.9. The molecule has 1 fully saturated rings. The summed E-state index contributed by atoms with van der Waals surface area (Å²) in [4.78, 5) is 2.39. The minimum atomic E-state index is 0.133. The van der Waals surface area contributed by atoms with E-state index in [1.54, 1.807) is 0 Å². The first-order chi connectivity index (χ1) is 13.6. The molecule has 0 saturated carbocycles. The van der Waals surface area contributed by atoms with Gasteiger partial charge in [-0.2, -0.15) is 0 Å². The van der Waals surface area contributed by atoms with Crippen LogP contribution in [0.4, 0.5) is 5.69 Å². The summed E-state index contributed by atoms with van der Waals surface area (Å²) in [6, 6.07) is 7.82. The maximum Gasteiger partial charge on any atom is 0.220 e. The standard InChI is InChI=1S/C20H29N5O2S/c1-15(2)14-25-17-7-4-3-6-16(17)18(19(25)26)22-23-20(28)21-8-5-9-24-10-12-27-13-11-24/h3-4,6-7,15,26H,5,8-14H2,1-2H3,(H,21,28). The second-order valence-corrected chi connectivity index (χ2v) is 7.82. The fraction of sp³-hybridized carbons (Fsp3) is 0.550. The Bertz CT molecular complexity index is 827. The van der Waals surface area contributed by atoms with Gasteiger partial charge in [0, 0.05) is 31.6 Å². The Balaban J connectivity index is 1.59. The smallest absolute Gasteiger partial charge is 0.220 e. The van der Waals surface area contributed by atoms with Crippen molar-refractivity contribution in [2.75, 3.05) is 39.4 Å². The summed E-state index contributed by atoms with van der Waals surface area (Å²) in [7, 11) is 0. The van der Waals surface area contributed by atoms with Gasteiger partial charge in [0.25, 0.3) is 0 Å². The number of fused-ring (bicyclic) bond motifs is 1. The van der Waals surface area contributed by atoms with Gasteiger partial charge >= 0.3 is 0 Å². The van der Waals surface area contributed by atoms with E-state index >= 15 is 0 Å². The molecule has 1 saturated heterocycles. The summed E-state index contributed by atoms with van der Waals surface area (Å²) in [5.74, 6) is 0.537. The molecule has 0 unspecified atom stereocenters. The number of thiocarbonyl (C=S) groups is 1. The average Bonchev–Trinajstić information content (AvgIpc) is 2.95. The molecule has 1 aliphatic rings. The Morgan fingerprint density at radius 2 is 2.04 bits per heavy atom. The van der Waals surface area contributed by atoms with Crippen LogP contribution in [-0.4, -0.2) is 59.1 Å². The van der Waals surface area contributed by atoms with Gasteiger partial charge < -0.3 is 19.7 Å². The first-order valence-electron chi connectivity index (χ1n) is 9.86. The number of benzene rings is 1. The second kappa shape index (κ2) is 9.95. The van der Waals surface area contributed by atoms with Gasteiger partial charge in [-0.05, 0) is 37.2 Å². The molecular formula is C20H29N5O2S. The minimum absolute atomic E-state index is 0.133. The number of hydrogen-bond donors (Lipinski definition) is 2. The summed E-state index contributed by atoms with van der Waals surface area (Å²) in [5.41, 5.74) is 1.42. The molecule has 8 heteroatoms. The summed E-state index contributed by atoms with van der Waals surface area (Å²) in [6.07, 6.45) is 0.981. The van der Waals surface area contributed by atoms with Crippen molar-refractivity contribution < 1.29 is 9.84 Å². The predicted octanol–water partition coefficient (Wildman–Crippen LogP) is 3.68. The highest BCUT2D eigenvalue weighted by molar-refractivity contribution is 7.80. The van der Waals surface area contributed by atoms with Gasteiger partial charge in [-0.25, -0.2) is 0 Å². The van der Waals surface area contributed by atoms with E-state index in [-0.39, 0.29) is 5.88 Å². The molecule has 28 heavy (non-hydrogen) atoms. The van der Waals surface area contributed by atoms with Crippen LogP contribution < -0.4 is 5.32 Å². The van der Waals surface area contributed by atoms with Crippen LogP contribution in [0, 0.1) is 5.92 Å². The Morgan fingerprint density at radius 1 is 1.29 bits per heavy atom. The predicted molar refractivity (Wildman–Crippen MR) is 115 cm³/mol. The minimum Gasteiger partial charge on any atom is -0.493 e. The third-order valence-corrected chi connectivity index (χ3v) is 4.96. The molecule has 0 bridgehead atoms. The largest absolute Gasteiger partial charge is 0.493 e. The van der Waals surface area contributed by atoms with Gasteiger partial charge in [-0.3, -0.25) is 4.90 Å². The Kier molecular flexibility index (Phi) is 7.36. The number of ether oxygens (including phenoxy) is 1. The summed E-state index contributed by atoms with van der Waals surface area (Å²) >= 11 is 5.27. The van der Waals surface area contributed by atoms with Gasteiger partial charge in [0.05, 0.1) is 18.7 Å². The van der Waals surface area contributed by atoms with Crippen molar-refractivity contribution in [3.8, 4) is 5.88 Å². The lowest BCUT2D eigenvalue weighted by molar-refractivity contribution is 0.0376. The number of morpholine rings is 1. The Hall–Kier alpha value is -2.03. The number of aromatic hydroxyl groups is 1. The average molecular weight is 404 g/mol. The van der Waals surface area contributed by atoms with Crippen LogP contribution in [-0.2, 0) is 11.3 Å². The van der Waals surface area contributed by atoms with Gasteiger partial charge in [-0.15, -0.1) is 10.2 Å². The lowest BCUT2D eigenvalue weighted by Crippen LogP contribution is -2.37. The summed E-state index contributed by atoms with van der Waals surface area (Å²) < 4.78 is 7.24. The molecule has 1 aliphatic heterocycles. The second-order valence-electron chi connectivity index (χ2n) is 7.43. The fourth-order valence-corrected chi connectivity index (χ4v) is 3.52. The molecule has 1 aromatic carbocycles. The third kappa shape index (κ3) is 5.27. The van der Waals surface area contributed by atoms with E-state index < -0.39 is 0 Å². The number of aromatic nitrogens is 1. The number of nitrogens with zero attached hydrogens (tertiary/aromatic N) is 4. The Morgan fingerprint density at radius 3 is 2.79 bits per heavy atom. The van der Waals surface area contributed by atoms with Crippen molar-refractivity contribution in [2.24, 2.45) is 16.1 Å². The number of hydrogen-bond acceptors (Lipinski definition) is 5. The Labute approximate surface area is 171 Å². The monoisotopic (exact) mass is 403 g/mol. The first-order valence-corrected chi connectivity index (χ1v) is 10.3. The molecule has 152 valence electrons.